The summed E-state index contributed by atoms with van der Waals surface area (Å²) in [5.74, 6) is -0.385. The third-order valence-corrected chi connectivity index (χ3v) is 3.00. The molecule has 0 aromatic carbocycles. The highest BCUT2D eigenvalue weighted by atomic mass is 79.9. The van der Waals surface area contributed by atoms with Crippen LogP contribution in [0.4, 0.5) is 0 Å². The van der Waals surface area contributed by atoms with E-state index in [9.17, 15) is 9.59 Å². The molecule has 2 heterocycles. The quantitative estimate of drug-likeness (QED) is 0.756. The summed E-state index contributed by atoms with van der Waals surface area (Å²) in [6, 6.07) is 0. The molecule has 0 fully saturated rings. The average Bonchev–Trinajstić information content (AvgIpc) is 2.89. The molecule has 2 aromatic rings. The van der Waals surface area contributed by atoms with Crippen molar-refractivity contribution in [2.24, 2.45) is 0 Å². The van der Waals surface area contributed by atoms with Gasteiger partial charge in [0, 0.05) is 0 Å². The fourth-order valence-corrected chi connectivity index (χ4v) is 2.01. The maximum absolute atomic E-state index is 10.9. The van der Waals surface area contributed by atoms with Gasteiger partial charge >= 0.3 is 11.6 Å². The van der Waals surface area contributed by atoms with Crippen molar-refractivity contribution in [1.29, 1.82) is 0 Å². The second-order valence-corrected chi connectivity index (χ2v) is 4.21. The Bertz CT molecular complexity index is 613. The van der Waals surface area contributed by atoms with Crippen molar-refractivity contribution >= 4 is 44.0 Å². The molecule has 96 valence electrons. The molecule has 0 radical (unpaired) electrons. The normalized spacial score (nSPS) is 11.4. The zero-order chi connectivity index (χ0) is 13.1. The first-order chi connectivity index (χ1) is 8.63. The lowest BCUT2D eigenvalue weighted by Gasteiger charge is -1.88. The van der Waals surface area contributed by atoms with Crippen molar-refractivity contribution in [3.63, 3.8) is 0 Å². The highest BCUT2D eigenvalue weighted by molar-refractivity contribution is 9.08. The van der Waals surface area contributed by atoms with Gasteiger partial charge in [-0.05, 0) is 12.2 Å². The van der Waals surface area contributed by atoms with Crippen LogP contribution < -0.4 is 11.6 Å². The molecule has 0 spiro atoms. The molecule has 0 saturated heterocycles. The third-order valence-electron chi connectivity index (χ3n) is 1.98. The van der Waals surface area contributed by atoms with Crippen molar-refractivity contribution in [3.05, 3.63) is 44.3 Å². The van der Waals surface area contributed by atoms with Gasteiger partial charge in [-0.25, -0.2) is 9.59 Å². The van der Waals surface area contributed by atoms with Gasteiger partial charge in [0.15, 0.2) is 23.0 Å². The van der Waals surface area contributed by atoms with Crippen molar-refractivity contribution in [2.75, 3.05) is 0 Å². The standard InChI is InChI=1S/C10H6Br2O6/c11-3-7-5(15-9(13)17-7)1-2-6-8(4-12)18-10(14)16-6/h1-2H,3-4H2/b2-1+. The van der Waals surface area contributed by atoms with Crippen LogP contribution in [0, 0.1) is 0 Å². The van der Waals surface area contributed by atoms with Crippen molar-refractivity contribution in [3.8, 4) is 0 Å². The first-order valence-corrected chi connectivity index (χ1v) is 6.94. The van der Waals surface area contributed by atoms with E-state index < -0.39 is 11.6 Å². The lowest BCUT2D eigenvalue weighted by atomic mass is 10.3. The Morgan fingerprint density at radius 3 is 1.50 bits per heavy atom. The van der Waals surface area contributed by atoms with E-state index in [1.165, 1.54) is 12.2 Å². The predicted molar refractivity (Wildman–Crippen MR) is 68.7 cm³/mol. The van der Waals surface area contributed by atoms with Crippen LogP contribution in [0.15, 0.2) is 27.3 Å². The van der Waals surface area contributed by atoms with E-state index in [4.69, 9.17) is 17.7 Å². The summed E-state index contributed by atoms with van der Waals surface area (Å²) in [6.07, 6.45) is 2.92. The Hall–Kier alpha value is -1.28. The summed E-state index contributed by atoms with van der Waals surface area (Å²) < 4.78 is 19.2. The second kappa shape index (κ2) is 5.57. The molecular formula is C10H6Br2O6. The van der Waals surface area contributed by atoms with Crippen molar-refractivity contribution in [1.82, 2.24) is 0 Å². The molecule has 0 aliphatic carbocycles. The molecule has 0 saturated carbocycles. The van der Waals surface area contributed by atoms with Gasteiger partial charge in [-0.1, -0.05) is 31.9 Å². The number of rotatable bonds is 4. The van der Waals surface area contributed by atoms with Gasteiger partial charge in [0.05, 0.1) is 10.7 Å². The number of hydrogen-bond acceptors (Lipinski definition) is 6. The summed E-state index contributed by atoms with van der Waals surface area (Å²) in [5.41, 5.74) is 0. The molecule has 18 heavy (non-hydrogen) atoms. The minimum Gasteiger partial charge on any atom is -0.394 e. The molecule has 8 heteroatoms. The van der Waals surface area contributed by atoms with Gasteiger partial charge in [-0.15, -0.1) is 0 Å². The lowest BCUT2D eigenvalue weighted by molar-refractivity contribution is 0.375. The van der Waals surface area contributed by atoms with Crippen LogP contribution in [-0.2, 0) is 10.7 Å². The van der Waals surface area contributed by atoms with Gasteiger partial charge in [0.25, 0.3) is 0 Å². The van der Waals surface area contributed by atoms with Gasteiger partial charge in [-0.3, -0.25) is 0 Å². The SMILES string of the molecule is O=c1oc(/C=C/c2oc(=O)oc2CBr)c(CBr)o1. The van der Waals surface area contributed by atoms with Crippen LogP contribution in [-0.4, -0.2) is 0 Å². The number of hydrogen-bond donors (Lipinski definition) is 0. The first kappa shape index (κ1) is 13.2. The molecule has 2 aromatic heterocycles. The largest absolute Gasteiger partial charge is 0.519 e. The summed E-state index contributed by atoms with van der Waals surface area (Å²) >= 11 is 6.31. The second-order valence-electron chi connectivity index (χ2n) is 3.08. The maximum atomic E-state index is 10.9. The molecule has 0 amide bonds. The lowest BCUT2D eigenvalue weighted by Crippen LogP contribution is -1.85. The van der Waals surface area contributed by atoms with E-state index in [0.29, 0.717) is 22.2 Å². The molecule has 6 nitrogen and oxygen atoms in total. The summed E-state index contributed by atoms with van der Waals surface area (Å²) in [7, 11) is 0. The molecular weight excluding hydrogens is 376 g/mol. The summed E-state index contributed by atoms with van der Waals surface area (Å²) in [6.45, 7) is 0. The molecule has 0 atom stereocenters. The smallest absolute Gasteiger partial charge is 0.394 e. The zero-order valence-corrected chi connectivity index (χ0v) is 11.9. The van der Waals surface area contributed by atoms with Gasteiger partial charge in [-0.2, -0.15) is 0 Å². The monoisotopic (exact) mass is 380 g/mol. The van der Waals surface area contributed by atoms with Crippen molar-refractivity contribution in [2.45, 2.75) is 10.7 Å². The van der Waals surface area contributed by atoms with Crippen molar-refractivity contribution < 1.29 is 17.7 Å². The molecule has 2 rings (SSSR count). The number of halogens is 2. The third kappa shape index (κ3) is 2.75. The Labute approximate surface area is 117 Å². The minimum absolute atomic E-state index is 0.251. The minimum atomic E-state index is -0.793. The van der Waals surface area contributed by atoms with E-state index in [1.807, 2.05) is 0 Å². The van der Waals surface area contributed by atoms with Crippen LogP contribution in [0.2, 0.25) is 0 Å². The zero-order valence-electron chi connectivity index (χ0n) is 8.77. The summed E-state index contributed by atoms with van der Waals surface area (Å²) in [4.78, 5) is 21.8. The molecule has 0 aliphatic rings. The van der Waals surface area contributed by atoms with Crippen LogP contribution in [0.3, 0.4) is 0 Å². The van der Waals surface area contributed by atoms with E-state index in [-0.39, 0.29) is 11.5 Å². The Balaban J connectivity index is 2.34. The van der Waals surface area contributed by atoms with Crippen LogP contribution in [0.25, 0.3) is 12.2 Å². The van der Waals surface area contributed by atoms with Crippen LogP contribution in [0.1, 0.15) is 23.0 Å². The Morgan fingerprint density at radius 2 is 1.17 bits per heavy atom. The fraction of sp³-hybridized carbons (Fsp3) is 0.200. The molecule has 0 unspecified atom stereocenters. The first-order valence-electron chi connectivity index (χ1n) is 4.69. The molecule has 0 aliphatic heterocycles. The highest BCUT2D eigenvalue weighted by Gasteiger charge is 2.11. The number of alkyl halides is 2. The van der Waals surface area contributed by atoms with Gasteiger partial charge in [0.2, 0.25) is 0 Å². The Kier molecular flexibility index (Phi) is 4.07. The average molecular weight is 382 g/mol. The molecule has 0 N–H and O–H groups in total. The maximum Gasteiger partial charge on any atom is 0.519 e. The van der Waals surface area contributed by atoms with Crippen LogP contribution in [0.5, 0.6) is 0 Å². The van der Waals surface area contributed by atoms with E-state index in [1.54, 1.807) is 0 Å². The molecule has 0 bridgehead atoms. The van der Waals surface area contributed by atoms with E-state index in [0.717, 1.165) is 0 Å². The predicted octanol–water partition coefficient (Wildman–Crippen LogP) is 2.74. The van der Waals surface area contributed by atoms with Gasteiger partial charge in [0.1, 0.15) is 0 Å². The van der Waals surface area contributed by atoms with E-state index >= 15 is 0 Å². The Morgan fingerprint density at radius 1 is 0.778 bits per heavy atom. The fourth-order valence-electron chi connectivity index (χ4n) is 1.23. The van der Waals surface area contributed by atoms with Crippen LogP contribution >= 0.6 is 31.9 Å². The highest BCUT2D eigenvalue weighted by Crippen LogP contribution is 2.17. The van der Waals surface area contributed by atoms with Gasteiger partial charge < -0.3 is 17.7 Å². The summed E-state index contributed by atoms with van der Waals surface area (Å²) in [5, 5.41) is 0.665. The topological polar surface area (TPSA) is 86.7 Å². The van der Waals surface area contributed by atoms with E-state index in [2.05, 4.69) is 31.9 Å².